The van der Waals surface area contributed by atoms with Crippen molar-refractivity contribution in [2.45, 2.75) is 50.0 Å². The molecule has 4 heterocycles. The number of fused-ring (bicyclic) bond motifs is 2. The summed E-state index contributed by atoms with van der Waals surface area (Å²) in [5.74, 6) is 0.444. The summed E-state index contributed by atoms with van der Waals surface area (Å²) < 4.78 is 21.5. The minimum Gasteiger partial charge on any atom is -0.455 e. The van der Waals surface area contributed by atoms with E-state index in [4.69, 9.17) is 25.8 Å². The number of nitrogens with one attached hydrogen (secondary N) is 2. The number of pyridine rings is 1. The number of H-pyrrole nitrogens is 1. The number of piperazine rings is 1. The number of carbonyl (C=O) groups is 1. The Morgan fingerprint density at radius 1 is 1.02 bits per heavy atom. The normalized spacial score (nSPS) is 16.6. The van der Waals surface area contributed by atoms with Gasteiger partial charge in [0.25, 0.3) is 11.6 Å². The molecule has 62 heavy (non-hydrogen) atoms. The average Bonchev–Trinajstić information content (AvgIpc) is 3.92. The number of rotatable bonds is 16. The molecule has 1 saturated heterocycles. The van der Waals surface area contributed by atoms with E-state index in [9.17, 15) is 14.9 Å². The largest absolute Gasteiger partial charge is 0.455 e. The first kappa shape index (κ1) is 41.9. The zero-order chi connectivity index (χ0) is 42.6. The van der Waals surface area contributed by atoms with Crippen LogP contribution in [0.1, 0.15) is 54.4 Å². The summed E-state index contributed by atoms with van der Waals surface area (Å²) in [6, 6.07) is 21.0. The van der Waals surface area contributed by atoms with Crippen LogP contribution in [0.3, 0.4) is 0 Å². The Morgan fingerprint density at radius 2 is 1.85 bits per heavy atom. The van der Waals surface area contributed by atoms with Crippen LogP contribution in [0.4, 0.5) is 11.4 Å². The number of hydrogen-bond acceptors (Lipinski definition) is 11. The Kier molecular flexibility index (Phi) is 12.5. The van der Waals surface area contributed by atoms with Gasteiger partial charge >= 0.3 is 0 Å². The van der Waals surface area contributed by atoms with E-state index in [1.165, 1.54) is 42.9 Å². The van der Waals surface area contributed by atoms with E-state index in [1.807, 2.05) is 42.6 Å². The highest BCUT2D eigenvalue weighted by Gasteiger charge is 2.41. The highest BCUT2D eigenvalue weighted by atomic mass is 35.5. The molecule has 9 rings (SSSR count). The first-order valence-corrected chi connectivity index (χ1v) is 22.3. The van der Waals surface area contributed by atoms with Crippen LogP contribution in [0.5, 0.6) is 11.5 Å². The summed E-state index contributed by atoms with van der Waals surface area (Å²) in [5.41, 5.74) is 7.18. The number of anilines is 1. The summed E-state index contributed by atoms with van der Waals surface area (Å²) in [5, 5.41) is 18.7. The molecule has 0 bridgehead atoms. The van der Waals surface area contributed by atoms with Gasteiger partial charge in [-0.2, -0.15) is 5.10 Å². The molecule has 3 aromatic carbocycles. The number of amides is 1. The molecular formula is C46H49ClN8O6S. The highest BCUT2D eigenvalue weighted by Crippen LogP contribution is 2.55. The Morgan fingerprint density at radius 3 is 2.63 bits per heavy atom. The van der Waals surface area contributed by atoms with Crippen molar-refractivity contribution in [2.75, 3.05) is 64.6 Å². The van der Waals surface area contributed by atoms with E-state index >= 15 is 0 Å². The Labute approximate surface area is 368 Å². The van der Waals surface area contributed by atoms with Gasteiger partial charge < -0.3 is 24.1 Å². The van der Waals surface area contributed by atoms with Crippen LogP contribution in [0.15, 0.2) is 95.8 Å². The minimum atomic E-state index is -0.439. The number of carbonyl (C=O) groups excluding carboxylic acids is 1. The third kappa shape index (κ3) is 9.32. The van der Waals surface area contributed by atoms with Crippen molar-refractivity contribution in [1.82, 2.24) is 29.4 Å². The van der Waals surface area contributed by atoms with Gasteiger partial charge in [0.1, 0.15) is 22.7 Å². The van der Waals surface area contributed by atoms with E-state index < -0.39 is 10.8 Å². The molecule has 2 fully saturated rings. The summed E-state index contributed by atoms with van der Waals surface area (Å²) in [7, 11) is 1.60. The molecule has 6 aromatic rings. The molecule has 2 aliphatic carbocycles. The number of methoxy groups -OCH3 is 1. The summed E-state index contributed by atoms with van der Waals surface area (Å²) in [6.07, 6.45) is 12.7. The predicted octanol–water partition coefficient (Wildman–Crippen LogP) is 9.30. The van der Waals surface area contributed by atoms with Crippen molar-refractivity contribution in [1.29, 1.82) is 0 Å². The van der Waals surface area contributed by atoms with E-state index in [0.717, 1.165) is 79.3 Å². The highest BCUT2D eigenvalue weighted by molar-refractivity contribution is 7.98. The second-order valence-electron chi connectivity index (χ2n) is 16.4. The topological polar surface area (TPSA) is 153 Å². The zero-order valence-corrected chi connectivity index (χ0v) is 36.2. The van der Waals surface area contributed by atoms with E-state index in [0.29, 0.717) is 64.6 Å². The number of nitrogens with zero attached hydrogens (tertiary/aromatic N) is 6. The molecule has 16 heteroatoms. The van der Waals surface area contributed by atoms with Gasteiger partial charge in [0.05, 0.1) is 48.4 Å². The second kappa shape index (κ2) is 18.5. The molecule has 0 atom stereocenters. The lowest BCUT2D eigenvalue weighted by molar-refractivity contribution is -0.383. The molecule has 1 spiro atoms. The predicted molar refractivity (Wildman–Crippen MR) is 242 cm³/mol. The fourth-order valence-electron chi connectivity index (χ4n) is 8.92. The van der Waals surface area contributed by atoms with Crippen LogP contribution in [0.2, 0.25) is 5.02 Å². The molecule has 1 saturated carbocycles. The maximum Gasteiger partial charge on any atom is 0.281 e. The molecule has 322 valence electrons. The SMILES string of the molecule is COCCOCCn1cc2c([N+](=O)[O-])cc(SNC(=O)c3ccc(N4CCN(CC5=C(c6ccc(Cl)cc6)CC6(CCC6)CC5)CC4)cc3Oc3cnc4[nH]ccc4c3)cc2n1. The quantitative estimate of drug-likeness (QED) is 0.0414. The van der Waals surface area contributed by atoms with Crippen molar-refractivity contribution in [2.24, 2.45) is 5.41 Å². The van der Waals surface area contributed by atoms with Crippen LogP contribution in [-0.4, -0.2) is 95.1 Å². The fraction of sp³-hybridized carbons (Fsp3) is 0.370. The van der Waals surface area contributed by atoms with E-state index in [-0.39, 0.29) is 5.69 Å². The number of non-ortho nitro benzene ring substituents is 1. The summed E-state index contributed by atoms with van der Waals surface area (Å²) in [4.78, 5) is 38.6. The van der Waals surface area contributed by atoms with Crippen molar-refractivity contribution in [3.05, 3.63) is 117 Å². The summed E-state index contributed by atoms with van der Waals surface area (Å²) >= 11 is 7.28. The number of hydrogen-bond donors (Lipinski definition) is 2. The van der Waals surface area contributed by atoms with Crippen molar-refractivity contribution in [3.8, 4) is 11.5 Å². The number of aromatic nitrogens is 4. The number of nitro benzene ring substituents is 1. The number of nitro groups is 1. The fourth-order valence-corrected chi connectivity index (χ4v) is 9.71. The Bertz CT molecular complexity index is 2620. The number of allylic oxidation sites excluding steroid dienone is 1. The number of benzene rings is 3. The van der Waals surface area contributed by atoms with Crippen molar-refractivity contribution < 1.29 is 23.9 Å². The monoisotopic (exact) mass is 876 g/mol. The van der Waals surface area contributed by atoms with Crippen LogP contribution >= 0.6 is 23.5 Å². The minimum absolute atomic E-state index is 0.105. The van der Waals surface area contributed by atoms with Crippen LogP contribution in [-0.2, 0) is 16.0 Å². The number of aromatic amines is 1. The third-order valence-corrected chi connectivity index (χ3v) is 13.5. The van der Waals surface area contributed by atoms with Crippen LogP contribution in [0, 0.1) is 15.5 Å². The molecule has 1 amide bonds. The molecule has 14 nitrogen and oxygen atoms in total. The van der Waals surface area contributed by atoms with Gasteiger partial charge in [-0.15, -0.1) is 0 Å². The Hall–Kier alpha value is -5.45. The maximum absolute atomic E-state index is 14.0. The summed E-state index contributed by atoms with van der Waals surface area (Å²) in [6.45, 7) is 6.13. The lowest BCUT2D eigenvalue weighted by Crippen LogP contribution is -2.47. The lowest BCUT2D eigenvalue weighted by Gasteiger charge is -2.47. The van der Waals surface area contributed by atoms with Crippen molar-refractivity contribution in [3.63, 3.8) is 0 Å². The average molecular weight is 877 g/mol. The Balaban J connectivity index is 0.909. The first-order chi connectivity index (χ1) is 30.2. The molecule has 3 aromatic heterocycles. The molecule has 1 aliphatic heterocycles. The lowest BCUT2D eigenvalue weighted by atomic mass is 9.59. The third-order valence-electron chi connectivity index (χ3n) is 12.5. The van der Waals surface area contributed by atoms with Gasteiger partial charge in [0, 0.05) is 85.4 Å². The molecule has 0 unspecified atom stereocenters. The zero-order valence-electron chi connectivity index (χ0n) is 34.6. The maximum atomic E-state index is 14.0. The van der Waals surface area contributed by atoms with Crippen molar-refractivity contribution >= 4 is 68.3 Å². The van der Waals surface area contributed by atoms with Gasteiger partial charge in [-0.1, -0.05) is 35.7 Å². The molecule has 0 radical (unpaired) electrons. The number of ether oxygens (including phenoxy) is 3. The number of halogens is 1. The second-order valence-corrected chi connectivity index (χ2v) is 17.7. The molecular weight excluding hydrogens is 828 g/mol. The standard InChI is InChI=1S/C46H49ClN8O6S/c1-59-21-22-60-20-19-54-30-40-41(50-54)25-37(26-42(40)55(57)58)62-51-45(56)38-8-7-35(24-43(38)61-36-23-32-10-14-48-44(32)49-28-36)53-17-15-52(16-18-53)29-33-9-13-46(11-2-12-46)27-39(33)31-3-5-34(47)6-4-31/h3-8,10,14,23-26,28,30H,2,9,11-13,15-22,27,29H2,1H3,(H,48,49)(H,51,56). The van der Waals surface area contributed by atoms with Crippen LogP contribution < -0.4 is 14.4 Å². The smallest absolute Gasteiger partial charge is 0.281 e. The first-order valence-electron chi connectivity index (χ1n) is 21.1. The molecule has 3 aliphatic rings. The van der Waals surface area contributed by atoms with Gasteiger partial charge in [-0.05, 0) is 103 Å². The molecule has 2 N–H and O–H groups in total. The van der Waals surface area contributed by atoms with E-state index in [2.05, 4.69) is 41.7 Å². The van der Waals surface area contributed by atoms with Gasteiger partial charge in [0.2, 0.25) is 0 Å². The van der Waals surface area contributed by atoms with E-state index in [1.54, 1.807) is 41.9 Å². The van der Waals surface area contributed by atoms with Gasteiger partial charge in [-0.3, -0.25) is 29.2 Å². The van der Waals surface area contributed by atoms with Crippen LogP contribution in [0.25, 0.3) is 27.5 Å². The van der Waals surface area contributed by atoms with Gasteiger partial charge in [-0.25, -0.2) is 4.98 Å². The van der Waals surface area contributed by atoms with Gasteiger partial charge in [0.15, 0.2) is 0 Å².